The summed E-state index contributed by atoms with van der Waals surface area (Å²) in [6.07, 6.45) is 36.3. The maximum Gasteiger partial charge on any atom is 0.306 e. The molecule has 0 aliphatic carbocycles. The molecule has 0 spiro atoms. The van der Waals surface area contributed by atoms with Crippen molar-refractivity contribution in [1.82, 2.24) is 0 Å². The van der Waals surface area contributed by atoms with Gasteiger partial charge in [0.05, 0.1) is 0 Å². The van der Waals surface area contributed by atoms with Gasteiger partial charge in [-0.3, -0.25) is 9.59 Å². The number of unbranched alkanes of at least 4 members (excludes halogenated alkanes) is 24. The lowest BCUT2D eigenvalue weighted by molar-refractivity contribution is -0.149. The molecule has 0 heterocycles. The Morgan fingerprint density at radius 1 is 0.487 bits per heavy atom. The zero-order chi connectivity index (χ0) is 28.7. The van der Waals surface area contributed by atoms with Gasteiger partial charge in [0.25, 0.3) is 0 Å². The van der Waals surface area contributed by atoms with Crippen LogP contribution in [-0.4, -0.2) is 23.1 Å². The van der Waals surface area contributed by atoms with Crippen molar-refractivity contribution in [3.8, 4) is 0 Å². The summed E-state index contributed by atoms with van der Waals surface area (Å²) in [5, 5.41) is 8.64. The Bertz CT molecular complexity index is 519. The summed E-state index contributed by atoms with van der Waals surface area (Å²) in [5.41, 5.74) is 0. The van der Waals surface area contributed by atoms with E-state index in [1.807, 2.05) is 0 Å². The molecule has 0 aromatic rings. The van der Waals surface area contributed by atoms with E-state index < -0.39 is 5.97 Å². The number of carbonyl (C=O) groups excluding carboxylic acids is 1. The number of ether oxygens (including phenoxy) is 1. The molecule has 0 amide bonds. The van der Waals surface area contributed by atoms with Crippen LogP contribution in [0.25, 0.3) is 0 Å². The predicted octanol–water partition coefficient (Wildman–Crippen LogP) is 11.7. The number of hydrogen-bond donors (Lipinski definition) is 1. The van der Waals surface area contributed by atoms with Gasteiger partial charge < -0.3 is 9.84 Å². The summed E-state index contributed by atoms with van der Waals surface area (Å²) < 4.78 is 5.76. The van der Waals surface area contributed by atoms with E-state index in [1.54, 1.807) is 0 Å². The Labute approximate surface area is 243 Å². The average Bonchev–Trinajstić information content (AvgIpc) is 2.92. The van der Waals surface area contributed by atoms with Gasteiger partial charge >= 0.3 is 11.9 Å². The molecule has 0 aliphatic heterocycles. The van der Waals surface area contributed by atoms with Crippen molar-refractivity contribution in [3.05, 3.63) is 0 Å². The number of carboxylic acid groups (broad SMARTS) is 1. The molecule has 0 saturated carbocycles. The number of aliphatic carboxylic acids is 1. The summed E-state index contributed by atoms with van der Waals surface area (Å²) in [7, 11) is 0. The molecule has 0 bridgehead atoms. The second-order valence-corrected chi connectivity index (χ2v) is 12.0. The van der Waals surface area contributed by atoms with Crippen molar-refractivity contribution in [2.75, 3.05) is 0 Å². The number of hydrogen-bond acceptors (Lipinski definition) is 3. The minimum atomic E-state index is -0.672. The van der Waals surface area contributed by atoms with E-state index in [0.717, 1.165) is 44.9 Å². The van der Waals surface area contributed by atoms with E-state index in [2.05, 4.69) is 13.8 Å². The normalized spacial score (nSPS) is 12.1. The number of esters is 1. The predicted molar refractivity (Wildman–Crippen MR) is 167 cm³/mol. The van der Waals surface area contributed by atoms with Crippen LogP contribution in [0.4, 0.5) is 0 Å². The second kappa shape index (κ2) is 31.5. The molecule has 0 fully saturated rings. The van der Waals surface area contributed by atoms with Crippen molar-refractivity contribution in [3.63, 3.8) is 0 Å². The molecule has 1 unspecified atom stereocenters. The minimum Gasteiger partial charge on any atom is -0.481 e. The molecule has 0 aliphatic rings. The smallest absolute Gasteiger partial charge is 0.306 e. The fraction of sp³-hybridized carbons (Fsp3) is 0.943. The Kier molecular flexibility index (Phi) is 30.6. The summed E-state index contributed by atoms with van der Waals surface area (Å²) in [4.78, 5) is 22.7. The highest BCUT2D eigenvalue weighted by Crippen LogP contribution is 2.17. The molecule has 1 atom stereocenters. The molecular formula is C35H68O4. The highest BCUT2D eigenvalue weighted by molar-refractivity contribution is 5.69. The van der Waals surface area contributed by atoms with Gasteiger partial charge in [0.2, 0.25) is 0 Å². The van der Waals surface area contributed by atoms with Crippen LogP contribution in [0, 0.1) is 0 Å². The number of carboxylic acids is 1. The first kappa shape index (κ1) is 37.9. The maximum atomic E-state index is 12.2. The van der Waals surface area contributed by atoms with Gasteiger partial charge in [-0.2, -0.15) is 0 Å². The van der Waals surface area contributed by atoms with Gasteiger partial charge in [0, 0.05) is 12.8 Å². The van der Waals surface area contributed by atoms with Gasteiger partial charge in [-0.25, -0.2) is 0 Å². The standard InChI is InChI=1S/C35H68O4/c1-3-5-6-7-8-9-10-11-12-13-17-20-23-26-29-32-35(38)39-33(4-2)30-27-24-21-18-15-14-16-19-22-25-28-31-34(36)37/h33H,3-32H2,1-2H3,(H,36,37). The lowest BCUT2D eigenvalue weighted by Gasteiger charge is -2.16. The summed E-state index contributed by atoms with van der Waals surface area (Å²) in [5.74, 6) is -0.659. The topological polar surface area (TPSA) is 63.6 Å². The Balaban J connectivity index is 3.41. The molecule has 39 heavy (non-hydrogen) atoms. The van der Waals surface area contributed by atoms with Crippen LogP contribution in [0.5, 0.6) is 0 Å². The van der Waals surface area contributed by atoms with E-state index in [9.17, 15) is 9.59 Å². The molecule has 0 rings (SSSR count). The molecule has 0 aromatic heterocycles. The zero-order valence-corrected chi connectivity index (χ0v) is 26.5. The van der Waals surface area contributed by atoms with Crippen molar-refractivity contribution >= 4 is 11.9 Å². The van der Waals surface area contributed by atoms with E-state index in [-0.39, 0.29) is 12.1 Å². The molecule has 4 heteroatoms. The fourth-order valence-corrected chi connectivity index (χ4v) is 5.47. The van der Waals surface area contributed by atoms with Gasteiger partial charge in [-0.05, 0) is 32.1 Å². The van der Waals surface area contributed by atoms with Gasteiger partial charge in [-0.1, -0.05) is 162 Å². The first-order valence-electron chi connectivity index (χ1n) is 17.5. The van der Waals surface area contributed by atoms with E-state index in [1.165, 1.54) is 135 Å². The monoisotopic (exact) mass is 553 g/mol. The molecule has 0 radical (unpaired) electrons. The van der Waals surface area contributed by atoms with Crippen molar-refractivity contribution in [2.24, 2.45) is 0 Å². The third kappa shape index (κ3) is 31.3. The summed E-state index contributed by atoms with van der Waals surface area (Å²) in [6.45, 7) is 4.41. The van der Waals surface area contributed by atoms with Crippen molar-refractivity contribution in [1.29, 1.82) is 0 Å². The highest BCUT2D eigenvalue weighted by atomic mass is 16.5. The molecule has 0 aromatic carbocycles. The first-order chi connectivity index (χ1) is 19.1. The molecule has 232 valence electrons. The SMILES string of the molecule is CCCCCCCCCCCCCCCCCC(=O)OC(CC)CCCCCCCCCCCCCC(=O)O. The Hall–Kier alpha value is -1.06. The van der Waals surface area contributed by atoms with Crippen molar-refractivity contribution in [2.45, 2.75) is 213 Å². The zero-order valence-electron chi connectivity index (χ0n) is 26.5. The lowest BCUT2D eigenvalue weighted by Crippen LogP contribution is -2.17. The number of carbonyl (C=O) groups is 2. The van der Waals surface area contributed by atoms with Crippen LogP contribution in [0.3, 0.4) is 0 Å². The number of rotatable bonds is 32. The van der Waals surface area contributed by atoms with Gasteiger partial charge in [0.1, 0.15) is 6.10 Å². The van der Waals surface area contributed by atoms with Crippen LogP contribution in [0.1, 0.15) is 206 Å². The Morgan fingerprint density at radius 2 is 0.821 bits per heavy atom. The lowest BCUT2D eigenvalue weighted by atomic mass is 10.0. The van der Waals surface area contributed by atoms with E-state index in [0.29, 0.717) is 12.8 Å². The van der Waals surface area contributed by atoms with Crippen LogP contribution in [0.2, 0.25) is 0 Å². The molecule has 0 saturated heterocycles. The Morgan fingerprint density at radius 3 is 1.18 bits per heavy atom. The summed E-state index contributed by atoms with van der Waals surface area (Å²) in [6, 6.07) is 0. The minimum absolute atomic E-state index is 0.0134. The third-order valence-electron chi connectivity index (χ3n) is 8.15. The van der Waals surface area contributed by atoms with Crippen LogP contribution >= 0.6 is 0 Å². The largest absolute Gasteiger partial charge is 0.481 e. The average molecular weight is 553 g/mol. The molecule has 4 nitrogen and oxygen atoms in total. The summed E-state index contributed by atoms with van der Waals surface area (Å²) >= 11 is 0. The van der Waals surface area contributed by atoms with Gasteiger partial charge in [0.15, 0.2) is 0 Å². The fourth-order valence-electron chi connectivity index (χ4n) is 5.47. The van der Waals surface area contributed by atoms with E-state index in [4.69, 9.17) is 9.84 Å². The highest BCUT2D eigenvalue weighted by Gasteiger charge is 2.12. The second-order valence-electron chi connectivity index (χ2n) is 12.0. The van der Waals surface area contributed by atoms with E-state index >= 15 is 0 Å². The molecular weight excluding hydrogens is 484 g/mol. The maximum absolute atomic E-state index is 12.2. The van der Waals surface area contributed by atoms with Crippen LogP contribution in [-0.2, 0) is 14.3 Å². The third-order valence-corrected chi connectivity index (χ3v) is 8.15. The van der Waals surface area contributed by atoms with Gasteiger partial charge in [-0.15, -0.1) is 0 Å². The van der Waals surface area contributed by atoms with Crippen molar-refractivity contribution < 1.29 is 19.4 Å². The quantitative estimate of drug-likeness (QED) is 0.0665. The van der Waals surface area contributed by atoms with Crippen LogP contribution in [0.15, 0.2) is 0 Å². The molecule has 1 N–H and O–H groups in total. The van der Waals surface area contributed by atoms with Crippen LogP contribution < -0.4 is 0 Å². The first-order valence-corrected chi connectivity index (χ1v) is 17.5.